The Hall–Kier alpha value is -3.65. The zero-order valence-electron chi connectivity index (χ0n) is 15.9. The molecule has 1 aromatic heterocycles. The van der Waals surface area contributed by atoms with Gasteiger partial charge in [-0.05, 0) is 17.2 Å². The highest BCUT2D eigenvalue weighted by atomic mass is 16.5. The maximum Gasteiger partial charge on any atom is 0.223 e. The molecule has 1 aliphatic heterocycles. The minimum Gasteiger partial charge on any atom is -0.471 e. The van der Waals surface area contributed by atoms with Crippen LogP contribution in [0.1, 0.15) is 29.0 Å². The highest BCUT2D eigenvalue weighted by molar-refractivity contribution is 5.78. The van der Waals surface area contributed by atoms with Crippen molar-refractivity contribution < 1.29 is 9.53 Å². The summed E-state index contributed by atoms with van der Waals surface area (Å²) in [5.74, 6) is 0.563. The minimum absolute atomic E-state index is 0.0267. The Morgan fingerprint density at radius 2 is 1.69 bits per heavy atom. The molecule has 4 rings (SSSR count). The zero-order chi connectivity index (χ0) is 20.1. The van der Waals surface area contributed by atoms with Gasteiger partial charge in [-0.15, -0.1) is 0 Å². The minimum atomic E-state index is -0.0905. The number of hydrogen-bond donors (Lipinski definition) is 0. The van der Waals surface area contributed by atoms with Gasteiger partial charge in [-0.2, -0.15) is 5.26 Å². The summed E-state index contributed by atoms with van der Waals surface area (Å²) in [6.45, 7) is 1.07. The Morgan fingerprint density at radius 1 is 1.07 bits per heavy atom. The highest BCUT2D eigenvalue weighted by Crippen LogP contribution is 2.29. The van der Waals surface area contributed by atoms with E-state index in [9.17, 15) is 4.79 Å². The number of nitriles is 1. The summed E-state index contributed by atoms with van der Waals surface area (Å²) in [6, 6.07) is 25.6. The molecule has 1 fully saturated rings. The lowest BCUT2D eigenvalue weighted by molar-refractivity contribution is -0.140. The largest absolute Gasteiger partial charge is 0.471 e. The molecule has 5 nitrogen and oxygen atoms in total. The molecule has 5 heteroatoms. The van der Waals surface area contributed by atoms with Gasteiger partial charge in [-0.25, -0.2) is 4.98 Å². The second-order valence-electron chi connectivity index (χ2n) is 7.11. The number of carbonyl (C=O) groups excluding carboxylic acids is 1. The van der Waals surface area contributed by atoms with Crippen LogP contribution in [-0.4, -0.2) is 35.0 Å². The molecular formula is C24H21N3O2. The topological polar surface area (TPSA) is 66.2 Å². The molecule has 0 atom stereocenters. The van der Waals surface area contributed by atoms with Crippen LogP contribution in [0.15, 0.2) is 79.0 Å². The molecule has 2 heterocycles. The van der Waals surface area contributed by atoms with Crippen molar-refractivity contribution in [3.05, 3.63) is 95.7 Å². The molecule has 0 spiro atoms. The number of pyridine rings is 1. The summed E-state index contributed by atoms with van der Waals surface area (Å²) in [6.07, 6.45) is 1.88. The van der Waals surface area contributed by atoms with Crippen LogP contribution in [-0.2, 0) is 4.79 Å². The molecule has 29 heavy (non-hydrogen) atoms. The van der Waals surface area contributed by atoms with E-state index >= 15 is 0 Å². The fraction of sp³-hybridized carbons (Fsp3) is 0.208. The third-order valence-corrected chi connectivity index (χ3v) is 5.13. The molecule has 0 N–H and O–H groups in total. The maximum absolute atomic E-state index is 12.9. The average molecular weight is 383 g/mol. The highest BCUT2D eigenvalue weighted by Gasteiger charge is 2.34. The van der Waals surface area contributed by atoms with Crippen molar-refractivity contribution in [1.82, 2.24) is 9.88 Å². The van der Waals surface area contributed by atoms with Gasteiger partial charge >= 0.3 is 0 Å². The number of nitrogens with zero attached hydrogens (tertiary/aromatic N) is 3. The maximum atomic E-state index is 12.9. The van der Waals surface area contributed by atoms with Gasteiger partial charge in [0.15, 0.2) is 0 Å². The normalized spacial score (nSPS) is 13.6. The van der Waals surface area contributed by atoms with Crippen molar-refractivity contribution >= 4 is 5.91 Å². The first-order valence-corrected chi connectivity index (χ1v) is 9.63. The van der Waals surface area contributed by atoms with Gasteiger partial charge < -0.3 is 9.64 Å². The average Bonchev–Trinajstić information content (AvgIpc) is 2.75. The van der Waals surface area contributed by atoms with E-state index in [1.807, 2.05) is 41.3 Å². The molecule has 0 unspecified atom stereocenters. The van der Waals surface area contributed by atoms with Crippen molar-refractivity contribution in [3.63, 3.8) is 0 Å². The summed E-state index contributed by atoms with van der Waals surface area (Å²) in [5, 5.41) is 8.97. The Labute approximate surface area is 170 Å². The SMILES string of the molecule is N#Cc1ccnc(OC2CN(C(=O)CC(c3ccccc3)c3ccccc3)C2)c1. The third kappa shape index (κ3) is 4.44. The van der Waals surface area contributed by atoms with Gasteiger partial charge in [0, 0.05) is 24.6 Å². The molecule has 0 radical (unpaired) electrons. The Kier molecular flexibility index (Phi) is 5.53. The first-order chi connectivity index (χ1) is 14.2. The van der Waals surface area contributed by atoms with Gasteiger partial charge in [0.25, 0.3) is 0 Å². The second-order valence-corrected chi connectivity index (χ2v) is 7.11. The van der Waals surface area contributed by atoms with Crippen LogP contribution in [0.4, 0.5) is 0 Å². The van der Waals surface area contributed by atoms with Crippen LogP contribution in [0.5, 0.6) is 5.88 Å². The predicted molar refractivity (Wildman–Crippen MR) is 109 cm³/mol. The van der Waals surface area contributed by atoms with Gasteiger partial charge in [-0.3, -0.25) is 4.79 Å². The number of ether oxygens (including phenoxy) is 1. The molecular weight excluding hydrogens is 362 g/mol. The standard InChI is InChI=1S/C24H21N3O2/c25-15-18-11-12-26-23(13-18)29-21-16-27(17-21)24(28)14-22(19-7-3-1-4-8-19)20-9-5-2-6-10-20/h1-13,21-22H,14,16-17H2. The van der Waals surface area contributed by atoms with E-state index in [1.54, 1.807) is 18.3 Å². The van der Waals surface area contributed by atoms with E-state index in [-0.39, 0.29) is 17.9 Å². The summed E-state index contributed by atoms with van der Waals surface area (Å²) in [5.41, 5.74) is 2.78. The van der Waals surface area contributed by atoms with Crippen LogP contribution >= 0.6 is 0 Å². The monoisotopic (exact) mass is 383 g/mol. The number of carbonyl (C=O) groups is 1. The smallest absolute Gasteiger partial charge is 0.223 e. The number of hydrogen-bond acceptors (Lipinski definition) is 4. The molecule has 1 aliphatic rings. The molecule has 1 amide bonds. The zero-order valence-corrected chi connectivity index (χ0v) is 15.9. The van der Waals surface area contributed by atoms with Gasteiger partial charge in [0.1, 0.15) is 6.10 Å². The lowest BCUT2D eigenvalue weighted by Gasteiger charge is -2.39. The molecule has 0 bridgehead atoms. The van der Waals surface area contributed by atoms with Crippen LogP contribution < -0.4 is 4.74 Å². The molecule has 0 saturated carbocycles. The molecule has 1 saturated heterocycles. The number of likely N-dealkylation sites (tertiary alicyclic amines) is 1. The van der Waals surface area contributed by atoms with E-state index < -0.39 is 0 Å². The molecule has 144 valence electrons. The number of benzene rings is 2. The Balaban J connectivity index is 1.39. The molecule has 3 aromatic rings. The number of aromatic nitrogens is 1. The molecule has 2 aromatic carbocycles. The van der Waals surface area contributed by atoms with E-state index in [1.165, 1.54) is 0 Å². The first kappa shape index (κ1) is 18.7. The van der Waals surface area contributed by atoms with Gasteiger partial charge in [-0.1, -0.05) is 60.7 Å². The van der Waals surface area contributed by atoms with E-state index in [0.717, 1.165) is 11.1 Å². The van der Waals surface area contributed by atoms with E-state index in [4.69, 9.17) is 10.00 Å². The first-order valence-electron chi connectivity index (χ1n) is 9.63. The van der Waals surface area contributed by atoms with Crippen molar-refractivity contribution in [3.8, 4) is 11.9 Å². The van der Waals surface area contributed by atoms with E-state index in [2.05, 4.69) is 35.3 Å². The summed E-state index contributed by atoms with van der Waals surface area (Å²) >= 11 is 0. The van der Waals surface area contributed by atoms with Crippen molar-refractivity contribution in [2.45, 2.75) is 18.4 Å². The fourth-order valence-electron chi connectivity index (χ4n) is 3.53. The lowest BCUT2D eigenvalue weighted by atomic mass is 9.88. The summed E-state index contributed by atoms with van der Waals surface area (Å²) in [4.78, 5) is 18.8. The summed E-state index contributed by atoms with van der Waals surface area (Å²) < 4.78 is 5.79. The van der Waals surface area contributed by atoms with Crippen LogP contribution in [0.25, 0.3) is 0 Å². The molecule has 0 aliphatic carbocycles. The predicted octanol–water partition coefficient (Wildman–Crippen LogP) is 3.77. The Bertz CT molecular complexity index is 970. The van der Waals surface area contributed by atoms with Crippen molar-refractivity contribution in [1.29, 1.82) is 5.26 Å². The van der Waals surface area contributed by atoms with Crippen molar-refractivity contribution in [2.75, 3.05) is 13.1 Å². The van der Waals surface area contributed by atoms with E-state index in [0.29, 0.717) is 31.0 Å². The van der Waals surface area contributed by atoms with Crippen LogP contribution in [0, 0.1) is 11.3 Å². The van der Waals surface area contributed by atoms with Crippen molar-refractivity contribution in [2.24, 2.45) is 0 Å². The Morgan fingerprint density at radius 3 is 2.28 bits per heavy atom. The number of rotatable bonds is 6. The fourth-order valence-corrected chi connectivity index (χ4v) is 3.53. The quantitative estimate of drug-likeness (QED) is 0.650. The van der Waals surface area contributed by atoms with Gasteiger partial charge in [0.05, 0.1) is 24.7 Å². The van der Waals surface area contributed by atoms with Crippen LogP contribution in [0.3, 0.4) is 0 Å². The van der Waals surface area contributed by atoms with Gasteiger partial charge in [0.2, 0.25) is 11.8 Å². The second kappa shape index (κ2) is 8.57. The third-order valence-electron chi connectivity index (χ3n) is 5.13. The summed E-state index contributed by atoms with van der Waals surface area (Å²) in [7, 11) is 0. The lowest BCUT2D eigenvalue weighted by Crippen LogP contribution is -2.56. The number of amides is 1. The van der Waals surface area contributed by atoms with Crippen LogP contribution in [0.2, 0.25) is 0 Å².